The van der Waals surface area contributed by atoms with Crippen LogP contribution in [0, 0.1) is 0 Å². The minimum absolute atomic E-state index is 0.167. The maximum absolute atomic E-state index is 10.2. The predicted molar refractivity (Wildman–Crippen MR) is 54.6 cm³/mol. The zero-order valence-corrected chi connectivity index (χ0v) is 8.29. The molecule has 0 aliphatic carbocycles. The van der Waals surface area contributed by atoms with Crippen molar-refractivity contribution in [3.8, 4) is 0 Å². The second-order valence-corrected chi connectivity index (χ2v) is 3.22. The van der Waals surface area contributed by atoms with Crippen LogP contribution in [0.5, 0.6) is 0 Å². The molecule has 1 heterocycles. The first-order chi connectivity index (χ1) is 6.68. The predicted octanol–water partition coefficient (Wildman–Crippen LogP) is 2.01. The molecule has 0 bridgehead atoms. The smallest absolute Gasteiger partial charge is 0.303 e. The quantitative estimate of drug-likeness (QED) is 0.736. The van der Waals surface area contributed by atoms with Gasteiger partial charge in [0.15, 0.2) is 0 Å². The van der Waals surface area contributed by atoms with Crippen molar-refractivity contribution in [3.05, 3.63) is 23.4 Å². The van der Waals surface area contributed by atoms with Gasteiger partial charge in [0.25, 0.3) is 0 Å². The highest BCUT2D eigenvalue weighted by Gasteiger charge is 1.97. The van der Waals surface area contributed by atoms with E-state index in [1.165, 1.54) is 0 Å². The van der Waals surface area contributed by atoms with Gasteiger partial charge in [-0.05, 0) is 18.6 Å². The van der Waals surface area contributed by atoms with Crippen LogP contribution >= 0.6 is 11.6 Å². The van der Waals surface area contributed by atoms with Gasteiger partial charge in [-0.2, -0.15) is 0 Å². The number of nitrogens with zero attached hydrogens (tertiary/aromatic N) is 1. The summed E-state index contributed by atoms with van der Waals surface area (Å²) in [4.78, 5) is 14.2. The third kappa shape index (κ3) is 4.09. The first-order valence-electron chi connectivity index (χ1n) is 4.25. The molecule has 14 heavy (non-hydrogen) atoms. The van der Waals surface area contributed by atoms with Crippen LogP contribution in [0.4, 0.5) is 5.82 Å². The minimum Gasteiger partial charge on any atom is -0.481 e. The van der Waals surface area contributed by atoms with Crippen molar-refractivity contribution in [2.24, 2.45) is 0 Å². The van der Waals surface area contributed by atoms with Gasteiger partial charge >= 0.3 is 5.97 Å². The lowest BCUT2D eigenvalue weighted by Gasteiger charge is -2.03. The molecule has 0 fully saturated rings. The molecule has 0 saturated heterocycles. The van der Waals surface area contributed by atoms with Crippen molar-refractivity contribution in [2.45, 2.75) is 12.8 Å². The Morgan fingerprint density at radius 3 is 2.93 bits per heavy atom. The van der Waals surface area contributed by atoms with Crippen molar-refractivity contribution < 1.29 is 9.90 Å². The number of aliphatic carboxylic acids is 1. The van der Waals surface area contributed by atoms with Gasteiger partial charge in [-0.25, -0.2) is 4.98 Å². The summed E-state index contributed by atoms with van der Waals surface area (Å²) < 4.78 is 0. The van der Waals surface area contributed by atoms with E-state index in [9.17, 15) is 4.79 Å². The van der Waals surface area contributed by atoms with Gasteiger partial charge in [-0.1, -0.05) is 11.6 Å². The maximum atomic E-state index is 10.2. The summed E-state index contributed by atoms with van der Waals surface area (Å²) in [5.41, 5.74) is 0. The van der Waals surface area contributed by atoms with Crippen LogP contribution in [0.25, 0.3) is 0 Å². The van der Waals surface area contributed by atoms with Crippen LogP contribution in [-0.4, -0.2) is 22.6 Å². The Kier molecular flexibility index (Phi) is 4.19. The molecule has 0 radical (unpaired) electrons. The molecule has 1 rings (SSSR count). The minimum atomic E-state index is -0.782. The highest BCUT2D eigenvalue weighted by molar-refractivity contribution is 6.30. The second kappa shape index (κ2) is 5.44. The summed E-state index contributed by atoms with van der Waals surface area (Å²) >= 11 is 5.65. The molecule has 1 aromatic heterocycles. The van der Waals surface area contributed by atoms with Crippen LogP contribution < -0.4 is 5.32 Å². The van der Waals surface area contributed by atoms with Gasteiger partial charge in [0.05, 0.1) is 5.02 Å². The van der Waals surface area contributed by atoms with E-state index in [0.717, 1.165) is 0 Å². The number of halogens is 1. The van der Waals surface area contributed by atoms with E-state index < -0.39 is 5.97 Å². The second-order valence-electron chi connectivity index (χ2n) is 2.79. The van der Waals surface area contributed by atoms with E-state index in [0.29, 0.717) is 23.8 Å². The Morgan fingerprint density at radius 2 is 2.36 bits per heavy atom. The lowest BCUT2D eigenvalue weighted by Crippen LogP contribution is -2.05. The number of carboxylic acid groups (broad SMARTS) is 1. The van der Waals surface area contributed by atoms with E-state index in [2.05, 4.69) is 10.3 Å². The summed E-state index contributed by atoms with van der Waals surface area (Å²) in [5.74, 6) is -0.0735. The number of carbonyl (C=O) groups is 1. The van der Waals surface area contributed by atoms with Gasteiger partial charge in [-0.3, -0.25) is 4.79 Å². The molecule has 4 nitrogen and oxygen atoms in total. The van der Waals surface area contributed by atoms with Gasteiger partial charge in [-0.15, -0.1) is 0 Å². The van der Waals surface area contributed by atoms with Crippen molar-refractivity contribution >= 4 is 23.4 Å². The number of aromatic nitrogens is 1. The molecule has 0 atom stereocenters. The van der Waals surface area contributed by atoms with E-state index in [1.807, 2.05) is 0 Å². The molecule has 0 spiro atoms. The molecular formula is C9H11ClN2O2. The summed E-state index contributed by atoms with van der Waals surface area (Å²) in [5, 5.41) is 12.0. The normalized spacial score (nSPS) is 9.79. The standard InChI is InChI=1S/C9H11ClN2O2/c10-7-3-4-8(12-6-7)11-5-1-2-9(13)14/h3-4,6H,1-2,5H2,(H,11,12)(H,13,14). The molecule has 0 amide bonds. The molecule has 1 aromatic rings. The highest BCUT2D eigenvalue weighted by Crippen LogP contribution is 2.09. The average Bonchev–Trinajstić information content (AvgIpc) is 2.15. The van der Waals surface area contributed by atoms with Crippen molar-refractivity contribution in [2.75, 3.05) is 11.9 Å². The zero-order chi connectivity index (χ0) is 10.4. The molecule has 0 aliphatic rings. The average molecular weight is 215 g/mol. The van der Waals surface area contributed by atoms with Crippen LogP contribution in [-0.2, 0) is 4.79 Å². The Bertz CT molecular complexity index is 300. The first-order valence-corrected chi connectivity index (χ1v) is 4.63. The zero-order valence-electron chi connectivity index (χ0n) is 7.53. The fraction of sp³-hybridized carbons (Fsp3) is 0.333. The number of hydrogen-bond donors (Lipinski definition) is 2. The van der Waals surface area contributed by atoms with Crippen molar-refractivity contribution in [1.82, 2.24) is 4.98 Å². The molecular weight excluding hydrogens is 204 g/mol. The van der Waals surface area contributed by atoms with E-state index in [4.69, 9.17) is 16.7 Å². The van der Waals surface area contributed by atoms with Gasteiger partial charge < -0.3 is 10.4 Å². The number of rotatable bonds is 5. The van der Waals surface area contributed by atoms with Crippen LogP contribution in [0.1, 0.15) is 12.8 Å². The fourth-order valence-electron chi connectivity index (χ4n) is 0.936. The largest absolute Gasteiger partial charge is 0.481 e. The van der Waals surface area contributed by atoms with E-state index in [-0.39, 0.29) is 6.42 Å². The monoisotopic (exact) mass is 214 g/mol. The van der Waals surface area contributed by atoms with E-state index >= 15 is 0 Å². The Hall–Kier alpha value is -1.29. The van der Waals surface area contributed by atoms with Gasteiger partial charge in [0.2, 0.25) is 0 Å². The van der Waals surface area contributed by atoms with E-state index in [1.54, 1.807) is 18.3 Å². The Balaban J connectivity index is 2.25. The van der Waals surface area contributed by atoms with Crippen LogP contribution in [0.15, 0.2) is 18.3 Å². The molecule has 76 valence electrons. The van der Waals surface area contributed by atoms with Crippen molar-refractivity contribution in [1.29, 1.82) is 0 Å². The van der Waals surface area contributed by atoms with Crippen LogP contribution in [0.3, 0.4) is 0 Å². The summed E-state index contributed by atoms with van der Waals surface area (Å²) in [6, 6.07) is 3.48. The summed E-state index contributed by atoms with van der Waals surface area (Å²) in [6.07, 6.45) is 2.29. The number of nitrogens with one attached hydrogen (secondary N) is 1. The maximum Gasteiger partial charge on any atom is 0.303 e. The fourth-order valence-corrected chi connectivity index (χ4v) is 1.05. The number of hydrogen-bond acceptors (Lipinski definition) is 3. The summed E-state index contributed by atoms with van der Waals surface area (Å²) in [6.45, 7) is 0.598. The first kappa shape index (κ1) is 10.8. The number of carboxylic acids is 1. The lowest BCUT2D eigenvalue weighted by molar-refractivity contribution is -0.137. The molecule has 0 aromatic carbocycles. The molecule has 5 heteroatoms. The van der Waals surface area contributed by atoms with Crippen LogP contribution in [0.2, 0.25) is 5.02 Å². The van der Waals surface area contributed by atoms with Gasteiger partial charge in [0, 0.05) is 19.2 Å². The summed E-state index contributed by atoms with van der Waals surface area (Å²) in [7, 11) is 0. The highest BCUT2D eigenvalue weighted by atomic mass is 35.5. The Labute approximate surface area is 86.9 Å². The third-order valence-corrected chi connectivity index (χ3v) is 1.82. The topological polar surface area (TPSA) is 62.2 Å². The van der Waals surface area contributed by atoms with Gasteiger partial charge in [0.1, 0.15) is 5.82 Å². The molecule has 0 unspecified atom stereocenters. The molecule has 0 aliphatic heterocycles. The van der Waals surface area contributed by atoms with Crippen molar-refractivity contribution in [3.63, 3.8) is 0 Å². The lowest BCUT2D eigenvalue weighted by atomic mass is 10.3. The SMILES string of the molecule is O=C(O)CCCNc1ccc(Cl)cn1. The Morgan fingerprint density at radius 1 is 1.57 bits per heavy atom. The molecule has 2 N–H and O–H groups in total. The molecule has 0 saturated carbocycles. The third-order valence-electron chi connectivity index (χ3n) is 1.60. The number of anilines is 1. The number of pyridine rings is 1.